The van der Waals surface area contributed by atoms with Crippen molar-refractivity contribution in [2.24, 2.45) is 0 Å². The van der Waals surface area contributed by atoms with E-state index in [0.29, 0.717) is 0 Å². The van der Waals surface area contributed by atoms with E-state index in [0.717, 1.165) is 16.6 Å². The van der Waals surface area contributed by atoms with Crippen LogP contribution in [-0.4, -0.2) is 0 Å². The van der Waals surface area contributed by atoms with Crippen LogP contribution in [0, 0.1) is 0 Å². The van der Waals surface area contributed by atoms with E-state index >= 15 is 0 Å². The monoisotopic (exact) mass is 712 g/mol. The first-order valence-corrected chi connectivity index (χ1v) is 19.6. The van der Waals surface area contributed by atoms with Gasteiger partial charge in [0.2, 0.25) is 0 Å². The van der Waals surface area contributed by atoms with Gasteiger partial charge in [0.1, 0.15) is 11.2 Å². The van der Waals surface area contributed by atoms with Gasteiger partial charge in [-0.1, -0.05) is 166 Å². The van der Waals surface area contributed by atoms with Crippen molar-refractivity contribution >= 4 is 65.0 Å². The molecule has 1 aliphatic carbocycles. The molecule has 11 aromatic rings. The maximum Gasteiger partial charge on any atom is 0.136 e. The normalized spacial score (nSPS) is 13.3. The molecule has 0 saturated carbocycles. The van der Waals surface area contributed by atoms with Crippen molar-refractivity contribution in [3.63, 3.8) is 0 Å². The molecule has 1 aromatic heterocycles. The summed E-state index contributed by atoms with van der Waals surface area (Å²) in [5.41, 5.74) is 14.6. The third kappa shape index (κ3) is 4.37. The molecule has 1 heteroatoms. The maximum atomic E-state index is 6.26. The first kappa shape index (κ1) is 31.4. The molecule has 12 rings (SSSR count). The van der Waals surface area contributed by atoms with E-state index in [9.17, 15) is 0 Å². The van der Waals surface area contributed by atoms with Crippen LogP contribution in [0.1, 0.15) is 25.0 Å². The van der Waals surface area contributed by atoms with Crippen LogP contribution >= 0.6 is 0 Å². The van der Waals surface area contributed by atoms with Crippen LogP contribution in [0.4, 0.5) is 0 Å². The summed E-state index contributed by atoms with van der Waals surface area (Å²) in [6.07, 6.45) is 0. The van der Waals surface area contributed by atoms with E-state index in [-0.39, 0.29) is 5.41 Å². The fraction of sp³-hybridized carbons (Fsp3) is 0.0545. The molecule has 0 spiro atoms. The Kier molecular flexibility index (Phi) is 6.46. The van der Waals surface area contributed by atoms with Crippen molar-refractivity contribution in [2.75, 3.05) is 0 Å². The quantitative estimate of drug-likeness (QED) is 0.166. The number of para-hydroxylation sites is 1. The molecular weight excluding hydrogens is 677 g/mol. The highest BCUT2D eigenvalue weighted by molar-refractivity contribution is 6.23. The van der Waals surface area contributed by atoms with Gasteiger partial charge in [-0.15, -0.1) is 0 Å². The van der Waals surface area contributed by atoms with Crippen LogP contribution in [0.3, 0.4) is 0 Å². The first-order valence-electron chi connectivity index (χ1n) is 19.6. The highest BCUT2D eigenvalue weighted by atomic mass is 16.3. The minimum atomic E-state index is -0.189. The zero-order valence-electron chi connectivity index (χ0n) is 31.2. The van der Waals surface area contributed by atoms with Gasteiger partial charge in [0.05, 0.1) is 0 Å². The Bertz CT molecular complexity index is 3390. The third-order valence-corrected chi connectivity index (χ3v) is 12.6. The number of rotatable bonds is 3. The Morgan fingerprint density at radius 1 is 0.339 bits per heavy atom. The molecule has 0 saturated heterocycles. The van der Waals surface area contributed by atoms with Crippen LogP contribution in [0.5, 0.6) is 0 Å². The summed E-state index contributed by atoms with van der Waals surface area (Å²) in [4.78, 5) is 0. The molecule has 0 radical (unpaired) electrons. The van der Waals surface area contributed by atoms with Gasteiger partial charge in [0.25, 0.3) is 0 Å². The molecule has 0 fully saturated rings. The first-order chi connectivity index (χ1) is 27.5. The Labute approximate surface area is 325 Å². The smallest absolute Gasteiger partial charge is 0.136 e. The molecule has 0 amide bonds. The molecule has 0 bridgehead atoms. The standard InChI is InChI=1S/C55H36O/c1-55(2)48-31-35(38-19-11-20-42-39(38)28-29-51-54(42)47-18-9-10-21-50(47)56-51)24-26-40(48)41-27-25-37(32-49(41)55)53-45-16-7-5-14-43(45)52(44-15-6-8-17-46(44)53)36-23-22-33-12-3-4-13-34(33)30-36/h3-32H,1-2H3. The molecular formula is C55H36O. The SMILES string of the molecule is CC1(C)c2cc(-c3c4ccccc4c(-c4ccc5ccccc5c4)c4ccccc34)ccc2-c2ccc(-c3cccc4c3ccc3oc5ccccc5c34)cc21. The number of furan rings is 1. The molecule has 262 valence electrons. The number of hydrogen-bond donors (Lipinski definition) is 0. The average Bonchev–Trinajstić information content (AvgIpc) is 3.74. The summed E-state index contributed by atoms with van der Waals surface area (Å²) < 4.78 is 6.26. The van der Waals surface area contributed by atoms with E-state index in [1.54, 1.807) is 0 Å². The van der Waals surface area contributed by atoms with Gasteiger partial charge >= 0.3 is 0 Å². The minimum absolute atomic E-state index is 0.189. The van der Waals surface area contributed by atoms with Crippen LogP contribution in [-0.2, 0) is 5.41 Å². The van der Waals surface area contributed by atoms with Gasteiger partial charge in [0, 0.05) is 16.2 Å². The molecule has 0 aliphatic heterocycles. The highest BCUT2D eigenvalue weighted by Gasteiger charge is 2.36. The molecule has 1 heterocycles. The van der Waals surface area contributed by atoms with E-state index in [2.05, 4.69) is 190 Å². The Hall–Kier alpha value is -6.96. The van der Waals surface area contributed by atoms with Crippen LogP contribution in [0.25, 0.3) is 110 Å². The second-order valence-electron chi connectivity index (χ2n) is 16.0. The maximum absolute atomic E-state index is 6.26. The molecule has 1 nitrogen and oxygen atoms in total. The minimum Gasteiger partial charge on any atom is -0.456 e. The fourth-order valence-corrected chi connectivity index (χ4v) is 9.99. The largest absolute Gasteiger partial charge is 0.456 e. The highest BCUT2D eigenvalue weighted by Crippen LogP contribution is 2.52. The Balaban J connectivity index is 1.01. The summed E-state index contributed by atoms with van der Waals surface area (Å²) in [5, 5.41) is 12.5. The van der Waals surface area contributed by atoms with Gasteiger partial charge in [-0.3, -0.25) is 0 Å². The summed E-state index contributed by atoms with van der Waals surface area (Å²) >= 11 is 0. The lowest BCUT2D eigenvalue weighted by molar-refractivity contribution is 0.661. The summed E-state index contributed by atoms with van der Waals surface area (Å²) in [5.74, 6) is 0. The summed E-state index contributed by atoms with van der Waals surface area (Å²) in [7, 11) is 0. The van der Waals surface area contributed by atoms with Crippen molar-refractivity contribution in [2.45, 2.75) is 19.3 Å². The molecule has 0 atom stereocenters. The average molecular weight is 713 g/mol. The zero-order chi connectivity index (χ0) is 37.1. The van der Waals surface area contributed by atoms with E-state index < -0.39 is 0 Å². The van der Waals surface area contributed by atoms with Crippen LogP contribution in [0.2, 0.25) is 0 Å². The van der Waals surface area contributed by atoms with E-state index in [4.69, 9.17) is 4.42 Å². The van der Waals surface area contributed by atoms with Crippen molar-refractivity contribution in [3.8, 4) is 44.5 Å². The van der Waals surface area contributed by atoms with Gasteiger partial charge < -0.3 is 4.42 Å². The lowest BCUT2D eigenvalue weighted by Gasteiger charge is -2.23. The van der Waals surface area contributed by atoms with Gasteiger partial charge in [0.15, 0.2) is 0 Å². The van der Waals surface area contributed by atoms with Crippen molar-refractivity contribution < 1.29 is 4.42 Å². The molecule has 56 heavy (non-hydrogen) atoms. The molecule has 1 aliphatic rings. The van der Waals surface area contributed by atoms with Crippen molar-refractivity contribution in [1.29, 1.82) is 0 Å². The second-order valence-corrected chi connectivity index (χ2v) is 16.0. The van der Waals surface area contributed by atoms with Gasteiger partial charge in [-0.2, -0.15) is 0 Å². The topological polar surface area (TPSA) is 13.1 Å². The Morgan fingerprint density at radius 2 is 0.875 bits per heavy atom. The van der Waals surface area contributed by atoms with Crippen molar-refractivity contribution in [3.05, 3.63) is 193 Å². The number of hydrogen-bond acceptors (Lipinski definition) is 1. The second kappa shape index (κ2) is 11.5. The van der Waals surface area contributed by atoms with E-state index in [1.807, 2.05) is 6.07 Å². The lowest BCUT2D eigenvalue weighted by atomic mass is 9.79. The summed E-state index contributed by atoms with van der Waals surface area (Å²) in [6, 6.07) is 67.3. The predicted octanol–water partition coefficient (Wildman–Crippen LogP) is 15.5. The third-order valence-electron chi connectivity index (χ3n) is 12.6. The predicted molar refractivity (Wildman–Crippen MR) is 238 cm³/mol. The molecule has 0 N–H and O–H groups in total. The van der Waals surface area contributed by atoms with Gasteiger partial charge in [-0.25, -0.2) is 0 Å². The van der Waals surface area contributed by atoms with Crippen molar-refractivity contribution in [1.82, 2.24) is 0 Å². The molecule has 10 aromatic carbocycles. The van der Waals surface area contributed by atoms with Crippen LogP contribution in [0.15, 0.2) is 186 Å². The summed E-state index contributed by atoms with van der Waals surface area (Å²) in [6.45, 7) is 4.79. The van der Waals surface area contributed by atoms with E-state index in [1.165, 1.54) is 104 Å². The van der Waals surface area contributed by atoms with Gasteiger partial charge in [-0.05, 0) is 129 Å². The zero-order valence-corrected chi connectivity index (χ0v) is 31.2. The number of benzene rings is 10. The molecule has 0 unspecified atom stereocenters. The number of fused-ring (bicyclic) bond motifs is 11. The fourth-order valence-electron chi connectivity index (χ4n) is 9.99. The van der Waals surface area contributed by atoms with Crippen LogP contribution < -0.4 is 0 Å². The Morgan fingerprint density at radius 3 is 1.57 bits per heavy atom. The lowest BCUT2D eigenvalue weighted by Crippen LogP contribution is -2.15.